The van der Waals surface area contributed by atoms with E-state index in [-0.39, 0.29) is 0 Å². The average molecular weight is 287 g/mol. The number of fused-ring (bicyclic) bond motifs is 1. The average Bonchev–Trinajstić information content (AvgIpc) is 3.00. The summed E-state index contributed by atoms with van der Waals surface area (Å²) in [5.41, 5.74) is 1.35. The number of hydrogen-bond acceptors (Lipinski definition) is 3. The minimum Gasteiger partial charge on any atom is -0.497 e. The van der Waals surface area contributed by atoms with E-state index in [1.54, 1.807) is 7.11 Å². The molecule has 0 spiro atoms. The van der Waals surface area contributed by atoms with E-state index < -0.39 is 0 Å². The van der Waals surface area contributed by atoms with Crippen molar-refractivity contribution in [2.24, 2.45) is 0 Å². The number of benzene rings is 2. The predicted molar refractivity (Wildman–Crippen MR) is 87.7 cm³/mol. The Morgan fingerprint density at radius 1 is 1.20 bits per heavy atom. The molecule has 1 N–H and O–H groups in total. The summed E-state index contributed by atoms with van der Waals surface area (Å²) in [6.07, 6.45) is 2.75. The minimum atomic E-state index is 0.819. The zero-order chi connectivity index (χ0) is 13.8. The SMILES string of the molecule is COc1ccc2cc(CNCC3CCCS3)ccc2c1. The molecule has 2 nitrogen and oxygen atoms in total. The largest absolute Gasteiger partial charge is 0.497 e. The zero-order valence-corrected chi connectivity index (χ0v) is 12.7. The number of thioether (sulfide) groups is 1. The van der Waals surface area contributed by atoms with Gasteiger partial charge in [-0.25, -0.2) is 0 Å². The summed E-state index contributed by atoms with van der Waals surface area (Å²) in [5.74, 6) is 2.26. The van der Waals surface area contributed by atoms with E-state index in [0.717, 1.165) is 24.1 Å². The second-order valence-corrected chi connectivity index (χ2v) is 6.72. The van der Waals surface area contributed by atoms with Crippen LogP contribution in [0.3, 0.4) is 0 Å². The molecule has 0 aromatic heterocycles. The van der Waals surface area contributed by atoms with Crippen LogP contribution in [-0.4, -0.2) is 24.7 Å². The molecule has 0 radical (unpaired) electrons. The minimum absolute atomic E-state index is 0.819. The Kier molecular flexibility index (Phi) is 4.48. The molecule has 1 saturated heterocycles. The van der Waals surface area contributed by atoms with Crippen LogP contribution in [0.2, 0.25) is 0 Å². The Morgan fingerprint density at radius 3 is 2.85 bits per heavy atom. The molecule has 106 valence electrons. The summed E-state index contributed by atoms with van der Waals surface area (Å²) < 4.78 is 5.26. The van der Waals surface area contributed by atoms with Gasteiger partial charge in [0.15, 0.2) is 0 Å². The molecule has 3 rings (SSSR count). The second-order valence-electron chi connectivity index (χ2n) is 5.31. The molecule has 1 aliphatic heterocycles. The quantitative estimate of drug-likeness (QED) is 0.903. The van der Waals surface area contributed by atoms with Crippen LogP contribution in [0.4, 0.5) is 0 Å². The van der Waals surface area contributed by atoms with Crippen molar-refractivity contribution in [1.29, 1.82) is 0 Å². The van der Waals surface area contributed by atoms with Crippen LogP contribution < -0.4 is 10.1 Å². The maximum atomic E-state index is 5.26. The molecule has 0 aliphatic carbocycles. The zero-order valence-electron chi connectivity index (χ0n) is 11.9. The maximum absolute atomic E-state index is 5.26. The van der Waals surface area contributed by atoms with Gasteiger partial charge >= 0.3 is 0 Å². The molecule has 1 heterocycles. The normalized spacial score (nSPS) is 18.6. The van der Waals surface area contributed by atoms with E-state index in [2.05, 4.69) is 47.4 Å². The molecular formula is C17H21NOS. The lowest BCUT2D eigenvalue weighted by atomic mass is 10.1. The predicted octanol–water partition coefficient (Wildman–Crippen LogP) is 3.83. The number of ether oxygens (including phenoxy) is 1. The fourth-order valence-electron chi connectivity index (χ4n) is 2.69. The number of methoxy groups -OCH3 is 1. The van der Waals surface area contributed by atoms with E-state index in [0.29, 0.717) is 0 Å². The van der Waals surface area contributed by atoms with Crippen LogP contribution in [0.5, 0.6) is 5.75 Å². The first-order valence-electron chi connectivity index (χ1n) is 7.24. The van der Waals surface area contributed by atoms with Crippen molar-refractivity contribution in [3.05, 3.63) is 42.0 Å². The van der Waals surface area contributed by atoms with Crippen LogP contribution in [-0.2, 0) is 6.54 Å². The monoisotopic (exact) mass is 287 g/mol. The summed E-state index contributed by atoms with van der Waals surface area (Å²) in [4.78, 5) is 0. The molecule has 1 aliphatic rings. The van der Waals surface area contributed by atoms with Gasteiger partial charge in [0, 0.05) is 18.3 Å². The highest BCUT2D eigenvalue weighted by Crippen LogP contribution is 2.25. The van der Waals surface area contributed by atoms with E-state index in [4.69, 9.17) is 4.74 Å². The highest BCUT2D eigenvalue weighted by atomic mass is 32.2. The molecule has 1 unspecified atom stereocenters. The van der Waals surface area contributed by atoms with Crippen LogP contribution >= 0.6 is 11.8 Å². The van der Waals surface area contributed by atoms with Crippen molar-refractivity contribution < 1.29 is 4.74 Å². The topological polar surface area (TPSA) is 21.3 Å². The summed E-state index contributed by atoms with van der Waals surface area (Å²) in [6, 6.07) is 12.9. The Bertz CT molecular complexity index is 578. The molecule has 0 saturated carbocycles. The molecule has 1 fully saturated rings. The van der Waals surface area contributed by atoms with Crippen molar-refractivity contribution in [2.75, 3.05) is 19.4 Å². The van der Waals surface area contributed by atoms with Gasteiger partial charge in [-0.1, -0.05) is 18.2 Å². The van der Waals surface area contributed by atoms with E-state index in [1.165, 1.54) is 34.9 Å². The molecule has 3 heteroatoms. The molecular weight excluding hydrogens is 266 g/mol. The van der Waals surface area contributed by atoms with Gasteiger partial charge in [0.05, 0.1) is 7.11 Å². The first kappa shape index (κ1) is 13.8. The summed E-state index contributed by atoms with van der Waals surface area (Å²) in [6.45, 7) is 2.09. The smallest absolute Gasteiger partial charge is 0.119 e. The molecule has 1 atom stereocenters. The molecule has 2 aromatic carbocycles. The first-order valence-corrected chi connectivity index (χ1v) is 8.29. The fourth-order valence-corrected chi connectivity index (χ4v) is 3.93. The Labute approximate surface area is 124 Å². The third-order valence-electron chi connectivity index (χ3n) is 3.84. The van der Waals surface area contributed by atoms with Gasteiger partial charge in [0.25, 0.3) is 0 Å². The second kappa shape index (κ2) is 6.51. The standard InChI is InChI=1S/C17H21NOS/c1-19-16-7-6-14-9-13(4-5-15(14)10-16)11-18-12-17-3-2-8-20-17/h4-7,9-10,17-18H,2-3,8,11-12H2,1H3. The molecule has 0 bridgehead atoms. The van der Waals surface area contributed by atoms with Crippen molar-refractivity contribution in [1.82, 2.24) is 5.32 Å². The van der Waals surface area contributed by atoms with E-state index >= 15 is 0 Å². The van der Waals surface area contributed by atoms with Crippen molar-refractivity contribution in [3.63, 3.8) is 0 Å². The lowest BCUT2D eigenvalue weighted by Gasteiger charge is -2.11. The summed E-state index contributed by atoms with van der Waals surface area (Å²) in [7, 11) is 1.71. The molecule has 20 heavy (non-hydrogen) atoms. The van der Waals surface area contributed by atoms with Crippen LogP contribution in [0.25, 0.3) is 10.8 Å². The third-order valence-corrected chi connectivity index (χ3v) is 5.24. The number of nitrogens with one attached hydrogen (secondary N) is 1. The Balaban J connectivity index is 1.63. The van der Waals surface area contributed by atoms with E-state index in [1.807, 2.05) is 6.07 Å². The lowest BCUT2D eigenvalue weighted by molar-refractivity contribution is 0.415. The Morgan fingerprint density at radius 2 is 2.05 bits per heavy atom. The van der Waals surface area contributed by atoms with Gasteiger partial charge in [-0.2, -0.15) is 11.8 Å². The lowest BCUT2D eigenvalue weighted by Crippen LogP contribution is -2.22. The molecule has 2 aromatic rings. The van der Waals surface area contributed by atoms with Gasteiger partial charge in [-0.05, 0) is 53.1 Å². The molecule has 0 amide bonds. The highest BCUT2D eigenvalue weighted by Gasteiger charge is 2.14. The van der Waals surface area contributed by atoms with Gasteiger partial charge in [-0.3, -0.25) is 0 Å². The number of rotatable bonds is 5. The van der Waals surface area contributed by atoms with Crippen molar-refractivity contribution >= 4 is 22.5 Å². The maximum Gasteiger partial charge on any atom is 0.119 e. The van der Waals surface area contributed by atoms with Gasteiger partial charge in [0.1, 0.15) is 5.75 Å². The Hall–Kier alpha value is -1.19. The van der Waals surface area contributed by atoms with Gasteiger partial charge < -0.3 is 10.1 Å². The van der Waals surface area contributed by atoms with Gasteiger partial charge in [0.2, 0.25) is 0 Å². The summed E-state index contributed by atoms with van der Waals surface area (Å²) in [5, 5.41) is 6.92. The fraction of sp³-hybridized carbons (Fsp3) is 0.412. The first-order chi connectivity index (χ1) is 9.85. The van der Waals surface area contributed by atoms with Gasteiger partial charge in [-0.15, -0.1) is 0 Å². The summed E-state index contributed by atoms with van der Waals surface area (Å²) >= 11 is 2.11. The van der Waals surface area contributed by atoms with E-state index in [9.17, 15) is 0 Å². The number of hydrogen-bond donors (Lipinski definition) is 1. The van der Waals surface area contributed by atoms with Crippen molar-refractivity contribution in [3.8, 4) is 5.75 Å². The van der Waals surface area contributed by atoms with Crippen LogP contribution in [0, 0.1) is 0 Å². The van der Waals surface area contributed by atoms with Crippen LogP contribution in [0.1, 0.15) is 18.4 Å². The van der Waals surface area contributed by atoms with Crippen LogP contribution in [0.15, 0.2) is 36.4 Å². The third kappa shape index (κ3) is 3.28. The highest BCUT2D eigenvalue weighted by molar-refractivity contribution is 8.00. The van der Waals surface area contributed by atoms with Crippen molar-refractivity contribution in [2.45, 2.75) is 24.6 Å².